The highest BCUT2D eigenvalue weighted by atomic mass is 32.2. The number of amides is 1. The minimum Gasteiger partial charge on any atom is -0.321 e. The predicted molar refractivity (Wildman–Crippen MR) is 104 cm³/mol. The molecule has 27 heavy (non-hydrogen) atoms. The van der Waals surface area contributed by atoms with Crippen LogP contribution in [0, 0.1) is 11.6 Å². The lowest BCUT2D eigenvalue weighted by Crippen LogP contribution is -3.14. The van der Waals surface area contributed by atoms with Gasteiger partial charge in [-0.15, -0.1) is 11.8 Å². The van der Waals surface area contributed by atoms with Gasteiger partial charge in [0.25, 0.3) is 5.91 Å². The van der Waals surface area contributed by atoms with E-state index in [-0.39, 0.29) is 29.0 Å². The molecule has 3 rings (SSSR count). The average molecular weight is 392 g/mol. The minimum atomic E-state index is -0.278. The molecule has 3 nitrogen and oxygen atoms in total. The first kappa shape index (κ1) is 19.8. The van der Waals surface area contributed by atoms with Crippen LogP contribution in [0.4, 0.5) is 8.78 Å². The third kappa shape index (κ3) is 4.87. The van der Waals surface area contributed by atoms with Crippen LogP contribution in [0.25, 0.3) is 0 Å². The molecule has 1 fully saturated rings. The molecule has 0 saturated carbocycles. The number of hydrogen-bond donors (Lipinski definition) is 1. The number of nitrogens with zero attached hydrogens (tertiary/aromatic N) is 1. The molecule has 1 N–H and O–H groups in total. The summed E-state index contributed by atoms with van der Waals surface area (Å²) in [7, 11) is 0. The van der Waals surface area contributed by atoms with Crippen molar-refractivity contribution < 1.29 is 18.5 Å². The van der Waals surface area contributed by atoms with Crippen molar-refractivity contribution in [2.24, 2.45) is 0 Å². The van der Waals surface area contributed by atoms with Crippen molar-refractivity contribution in [3.05, 3.63) is 71.3 Å². The van der Waals surface area contributed by atoms with Crippen molar-refractivity contribution in [3.8, 4) is 0 Å². The lowest BCUT2D eigenvalue weighted by molar-refractivity contribution is -0.927. The molecule has 1 aliphatic heterocycles. The van der Waals surface area contributed by atoms with Gasteiger partial charge >= 0.3 is 0 Å². The maximum absolute atomic E-state index is 14.0. The van der Waals surface area contributed by atoms with E-state index in [1.165, 1.54) is 18.2 Å². The van der Waals surface area contributed by atoms with Gasteiger partial charge in [0.2, 0.25) is 0 Å². The van der Waals surface area contributed by atoms with Gasteiger partial charge in [0.05, 0.1) is 6.04 Å². The lowest BCUT2D eigenvalue weighted by atomic mass is 10.1. The number of carbonyl (C=O) groups is 1. The Labute approximate surface area is 163 Å². The second-order valence-corrected chi connectivity index (χ2v) is 8.31. The zero-order chi connectivity index (χ0) is 19.4. The molecule has 6 heteroatoms. The Morgan fingerprint density at radius 1 is 1.19 bits per heavy atom. The fraction of sp³-hybridized carbons (Fsp3) is 0.381. The van der Waals surface area contributed by atoms with Crippen LogP contribution in [0.5, 0.6) is 0 Å². The fourth-order valence-electron chi connectivity index (χ4n) is 3.28. The predicted octanol–water partition coefficient (Wildman–Crippen LogP) is 3.03. The molecule has 1 saturated heterocycles. The zero-order valence-electron chi connectivity index (χ0n) is 15.6. The van der Waals surface area contributed by atoms with Gasteiger partial charge in [-0.3, -0.25) is 4.79 Å². The van der Waals surface area contributed by atoms with E-state index in [0.29, 0.717) is 25.2 Å². The van der Waals surface area contributed by atoms with Crippen LogP contribution in [-0.4, -0.2) is 35.7 Å². The molecule has 1 heterocycles. The number of carbonyl (C=O) groups excluding carboxylic acids is 1. The van der Waals surface area contributed by atoms with Crippen LogP contribution in [-0.2, 0) is 11.3 Å². The van der Waals surface area contributed by atoms with Crippen LogP contribution in [0.2, 0.25) is 0 Å². The SMILES string of the molecule is CC(C)[NH+](CC(=O)N1CCS[C@@H]1c1ccc(F)cc1)Cc1ccccc1F. The summed E-state index contributed by atoms with van der Waals surface area (Å²) in [5.74, 6) is 0.399. The van der Waals surface area contributed by atoms with Gasteiger partial charge in [-0.1, -0.05) is 30.3 Å². The Morgan fingerprint density at radius 2 is 1.89 bits per heavy atom. The van der Waals surface area contributed by atoms with Crippen molar-refractivity contribution in [2.75, 3.05) is 18.8 Å². The molecule has 1 amide bonds. The second kappa shape index (κ2) is 8.85. The standard InChI is InChI=1S/C21H24F2N2OS/c1-15(2)24(13-17-5-3-4-6-19(17)23)14-20(26)25-11-12-27-21(25)16-7-9-18(22)10-8-16/h3-10,15,21H,11-14H2,1-2H3/p+1/t21-/m1/s1. The molecule has 2 aromatic carbocycles. The summed E-state index contributed by atoms with van der Waals surface area (Å²) >= 11 is 1.69. The summed E-state index contributed by atoms with van der Waals surface area (Å²) in [5, 5.41) is -0.0834. The Hall–Kier alpha value is -1.92. The maximum Gasteiger partial charge on any atom is 0.278 e. The topological polar surface area (TPSA) is 24.8 Å². The van der Waals surface area contributed by atoms with E-state index in [0.717, 1.165) is 16.2 Å². The van der Waals surface area contributed by atoms with Crippen molar-refractivity contribution in [2.45, 2.75) is 31.8 Å². The summed E-state index contributed by atoms with van der Waals surface area (Å²) < 4.78 is 27.2. The number of rotatable bonds is 6. The van der Waals surface area contributed by atoms with Gasteiger partial charge in [0.1, 0.15) is 23.6 Å². The number of thioether (sulfide) groups is 1. The molecule has 1 unspecified atom stereocenters. The van der Waals surface area contributed by atoms with Crippen molar-refractivity contribution in [1.29, 1.82) is 0 Å². The Bertz CT molecular complexity index is 782. The molecule has 0 spiro atoms. The summed E-state index contributed by atoms with van der Waals surface area (Å²) in [6.07, 6.45) is 0. The van der Waals surface area contributed by atoms with Crippen LogP contribution < -0.4 is 4.90 Å². The maximum atomic E-state index is 14.0. The van der Waals surface area contributed by atoms with Gasteiger partial charge in [-0.25, -0.2) is 8.78 Å². The van der Waals surface area contributed by atoms with E-state index in [4.69, 9.17) is 0 Å². The molecule has 1 aliphatic rings. The third-order valence-electron chi connectivity index (χ3n) is 4.94. The van der Waals surface area contributed by atoms with Crippen LogP contribution >= 0.6 is 11.8 Å². The summed E-state index contributed by atoms with van der Waals surface area (Å²) in [4.78, 5) is 15.9. The van der Waals surface area contributed by atoms with E-state index < -0.39 is 0 Å². The largest absolute Gasteiger partial charge is 0.321 e. The molecular weight excluding hydrogens is 366 g/mol. The van der Waals surface area contributed by atoms with Crippen molar-refractivity contribution >= 4 is 17.7 Å². The molecule has 0 aromatic heterocycles. The minimum absolute atomic E-state index is 0.0503. The van der Waals surface area contributed by atoms with Crippen LogP contribution in [0.1, 0.15) is 30.3 Å². The number of hydrogen-bond acceptors (Lipinski definition) is 2. The Morgan fingerprint density at radius 3 is 2.56 bits per heavy atom. The van der Waals surface area contributed by atoms with Gasteiger partial charge in [0, 0.05) is 17.9 Å². The highest BCUT2D eigenvalue weighted by Crippen LogP contribution is 2.37. The van der Waals surface area contributed by atoms with Gasteiger partial charge in [-0.2, -0.15) is 0 Å². The number of nitrogens with one attached hydrogen (secondary N) is 1. The third-order valence-corrected chi connectivity index (χ3v) is 6.20. The normalized spacial score (nSPS) is 18.1. The fourth-order valence-corrected chi connectivity index (χ4v) is 4.56. The highest BCUT2D eigenvalue weighted by Gasteiger charge is 2.33. The van der Waals surface area contributed by atoms with Crippen LogP contribution in [0.3, 0.4) is 0 Å². The number of halogens is 2. The molecule has 2 atom stereocenters. The summed E-state index contributed by atoms with van der Waals surface area (Å²) in [5.41, 5.74) is 1.56. The van der Waals surface area contributed by atoms with Crippen LogP contribution in [0.15, 0.2) is 48.5 Å². The van der Waals surface area contributed by atoms with E-state index in [1.54, 1.807) is 36.0 Å². The lowest BCUT2D eigenvalue weighted by Gasteiger charge is -2.28. The summed E-state index contributed by atoms with van der Waals surface area (Å²) in [6.45, 7) is 5.54. The van der Waals surface area contributed by atoms with Crippen molar-refractivity contribution in [1.82, 2.24) is 4.90 Å². The smallest absolute Gasteiger partial charge is 0.278 e. The van der Waals surface area contributed by atoms with E-state index in [1.807, 2.05) is 24.8 Å². The second-order valence-electron chi connectivity index (χ2n) is 7.12. The molecule has 0 radical (unpaired) electrons. The quantitative estimate of drug-likeness (QED) is 0.819. The highest BCUT2D eigenvalue weighted by molar-refractivity contribution is 7.99. The Kier molecular flexibility index (Phi) is 6.50. The number of quaternary nitrogens is 1. The first-order chi connectivity index (χ1) is 13.0. The molecule has 144 valence electrons. The van der Waals surface area contributed by atoms with E-state index >= 15 is 0 Å². The Balaban J connectivity index is 1.71. The van der Waals surface area contributed by atoms with Gasteiger partial charge < -0.3 is 9.80 Å². The molecular formula is C21H25F2N2OS+. The van der Waals surface area contributed by atoms with Crippen molar-refractivity contribution in [3.63, 3.8) is 0 Å². The monoisotopic (exact) mass is 391 g/mol. The van der Waals surface area contributed by atoms with Gasteiger partial charge in [-0.05, 0) is 37.6 Å². The molecule has 0 bridgehead atoms. The number of benzene rings is 2. The average Bonchev–Trinajstić information content (AvgIpc) is 3.13. The van der Waals surface area contributed by atoms with E-state index in [2.05, 4.69) is 0 Å². The zero-order valence-corrected chi connectivity index (χ0v) is 16.4. The van der Waals surface area contributed by atoms with Gasteiger partial charge in [0.15, 0.2) is 6.54 Å². The van der Waals surface area contributed by atoms with E-state index in [9.17, 15) is 13.6 Å². The first-order valence-electron chi connectivity index (χ1n) is 9.20. The first-order valence-corrected chi connectivity index (χ1v) is 10.2. The summed E-state index contributed by atoms with van der Waals surface area (Å²) in [6, 6.07) is 13.3. The molecule has 0 aliphatic carbocycles. The molecule has 2 aromatic rings.